The van der Waals surface area contributed by atoms with E-state index in [0.717, 1.165) is 4.31 Å². The fourth-order valence-electron chi connectivity index (χ4n) is 2.14. The van der Waals surface area contributed by atoms with Crippen LogP contribution < -0.4 is 10.6 Å². The molecule has 8 nitrogen and oxygen atoms in total. The molecule has 140 valence electrons. The van der Waals surface area contributed by atoms with Gasteiger partial charge in [-0.1, -0.05) is 19.4 Å². The maximum Gasteiger partial charge on any atom is 0.320 e. The van der Waals surface area contributed by atoms with Crippen LogP contribution in [0.3, 0.4) is 0 Å². The van der Waals surface area contributed by atoms with Crippen LogP contribution in [0, 0.1) is 0 Å². The van der Waals surface area contributed by atoms with E-state index in [1.54, 1.807) is 13.0 Å². The second kappa shape index (κ2) is 8.93. The topological polar surface area (TPSA) is 116 Å². The number of nitrogens with one attached hydrogen (secondary N) is 2. The summed E-state index contributed by atoms with van der Waals surface area (Å²) in [6, 6.07) is 4.34. The summed E-state index contributed by atoms with van der Waals surface area (Å²) in [6.07, 6.45) is 1.08. The molecule has 2 unspecified atom stereocenters. The van der Waals surface area contributed by atoms with Crippen LogP contribution in [0.2, 0.25) is 0 Å². The maximum atomic E-state index is 12.2. The first-order chi connectivity index (χ1) is 11.6. The summed E-state index contributed by atoms with van der Waals surface area (Å²) in [5, 5.41) is 14.5. The number of carboxylic acids is 1. The standard InChI is InChI=1S/C16H25N3O5S/c1-5-7-14(16(21)22)17-11(2)15(20)18-12-8-6-9-13(10-12)25(23,24)19(3)4/h6,8-11,14,17H,5,7H2,1-4H3,(H,18,20)(H,21,22). The number of benzene rings is 1. The molecule has 0 heterocycles. The molecule has 3 N–H and O–H groups in total. The van der Waals surface area contributed by atoms with Gasteiger partial charge < -0.3 is 10.4 Å². The molecule has 0 spiro atoms. The van der Waals surface area contributed by atoms with E-state index in [2.05, 4.69) is 10.6 Å². The highest BCUT2D eigenvalue weighted by Crippen LogP contribution is 2.18. The van der Waals surface area contributed by atoms with Crippen LogP contribution >= 0.6 is 0 Å². The van der Waals surface area contributed by atoms with Gasteiger partial charge in [0, 0.05) is 19.8 Å². The monoisotopic (exact) mass is 371 g/mol. The Balaban J connectivity index is 2.85. The largest absolute Gasteiger partial charge is 0.480 e. The van der Waals surface area contributed by atoms with Crippen LogP contribution in [0.25, 0.3) is 0 Å². The average Bonchev–Trinajstić information content (AvgIpc) is 2.54. The third kappa shape index (κ3) is 5.80. The molecule has 1 rings (SSSR count). The van der Waals surface area contributed by atoms with Gasteiger partial charge in [-0.05, 0) is 31.5 Å². The summed E-state index contributed by atoms with van der Waals surface area (Å²) >= 11 is 0. The molecule has 0 saturated heterocycles. The number of hydrogen-bond donors (Lipinski definition) is 3. The molecule has 1 aromatic rings. The van der Waals surface area contributed by atoms with Gasteiger partial charge in [0.15, 0.2) is 0 Å². The van der Waals surface area contributed by atoms with E-state index in [9.17, 15) is 18.0 Å². The van der Waals surface area contributed by atoms with Gasteiger partial charge in [0.2, 0.25) is 15.9 Å². The second-order valence-corrected chi connectivity index (χ2v) is 8.02. The summed E-state index contributed by atoms with van der Waals surface area (Å²) < 4.78 is 25.3. The van der Waals surface area contributed by atoms with Gasteiger partial charge in [-0.15, -0.1) is 0 Å². The van der Waals surface area contributed by atoms with Crippen LogP contribution in [-0.2, 0) is 19.6 Å². The Bertz CT molecular complexity index is 718. The summed E-state index contributed by atoms with van der Waals surface area (Å²) in [4.78, 5) is 23.5. The molecule has 9 heteroatoms. The summed E-state index contributed by atoms with van der Waals surface area (Å²) in [6.45, 7) is 3.42. The van der Waals surface area contributed by atoms with Crippen molar-refractivity contribution < 1.29 is 23.1 Å². The van der Waals surface area contributed by atoms with Crippen molar-refractivity contribution in [3.63, 3.8) is 0 Å². The van der Waals surface area contributed by atoms with Crippen molar-refractivity contribution in [1.82, 2.24) is 9.62 Å². The fraction of sp³-hybridized carbons (Fsp3) is 0.500. The number of rotatable bonds is 9. The molecule has 0 aliphatic rings. The molecule has 0 aliphatic heterocycles. The number of hydrogen-bond acceptors (Lipinski definition) is 5. The van der Waals surface area contributed by atoms with Crippen LogP contribution in [0.4, 0.5) is 5.69 Å². The lowest BCUT2D eigenvalue weighted by Gasteiger charge is -2.19. The van der Waals surface area contributed by atoms with Crippen molar-refractivity contribution in [2.24, 2.45) is 0 Å². The molecule has 0 bridgehead atoms. The Morgan fingerprint density at radius 1 is 1.28 bits per heavy atom. The summed E-state index contributed by atoms with van der Waals surface area (Å²) in [5.41, 5.74) is 0.323. The van der Waals surface area contributed by atoms with Gasteiger partial charge in [-0.2, -0.15) is 0 Å². The van der Waals surface area contributed by atoms with Gasteiger partial charge in [-0.3, -0.25) is 14.9 Å². The number of carbonyl (C=O) groups is 2. The Morgan fingerprint density at radius 3 is 2.44 bits per heavy atom. The minimum Gasteiger partial charge on any atom is -0.480 e. The third-order valence-electron chi connectivity index (χ3n) is 3.60. The van der Waals surface area contributed by atoms with Gasteiger partial charge in [-0.25, -0.2) is 12.7 Å². The molecule has 25 heavy (non-hydrogen) atoms. The predicted molar refractivity (Wildman–Crippen MR) is 94.9 cm³/mol. The molecule has 1 amide bonds. The number of nitrogens with zero attached hydrogens (tertiary/aromatic N) is 1. The highest BCUT2D eigenvalue weighted by Gasteiger charge is 2.23. The van der Waals surface area contributed by atoms with E-state index in [0.29, 0.717) is 18.5 Å². The number of sulfonamides is 1. The lowest BCUT2D eigenvalue weighted by atomic mass is 10.1. The minimum absolute atomic E-state index is 0.0605. The first-order valence-corrected chi connectivity index (χ1v) is 9.36. The Kier molecular flexibility index (Phi) is 7.53. The highest BCUT2D eigenvalue weighted by molar-refractivity contribution is 7.89. The summed E-state index contributed by atoms with van der Waals surface area (Å²) in [5.74, 6) is -1.46. The van der Waals surface area contributed by atoms with E-state index in [1.165, 1.54) is 32.3 Å². The Labute approximate surface area is 148 Å². The number of anilines is 1. The van der Waals surface area contributed by atoms with Gasteiger partial charge >= 0.3 is 5.97 Å². The molecule has 0 aromatic heterocycles. The smallest absolute Gasteiger partial charge is 0.320 e. The first kappa shape index (κ1) is 21.1. The van der Waals surface area contributed by atoms with E-state index in [-0.39, 0.29) is 4.90 Å². The second-order valence-electron chi connectivity index (χ2n) is 5.87. The molecular formula is C16H25N3O5S. The quantitative estimate of drug-likeness (QED) is 0.599. The zero-order chi connectivity index (χ0) is 19.2. The highest BCUT2D eigenvalue weighted by atomic mass is 32.2. The lowest BCUT2D eigenvalue weighted by molar-refractivity contribution is -0.140. The number of carboxylic acid groups (broad SMARTS) is 1. The molecule has 1 aromatic carbocycles. The van der Waals surface area contributed by atoms with Gasteiger partial charge in [0.25, 0.3) is 0 Å². The molecular weight excluding hydrogens is 346 g/mol. The zero-order valence-corrected chi connectivity index (χ0v) is 15.6. The minimum atomic E-state index is -3.60. The van der Waals surface area contributed by atoms with E-state index in [1.807, 2.05) is 6.92 Å². The van der Waals surface area contributed by atoms with Crippen molar-refractivity contribution >= 4 is 27.6 Å². The van der Waals surface area contributed by atoms with Crippen LogP contribution in [-0.4, -0.2) is 55.9 Å². The van der Waals surface area contributed by atoms with Crippen molar-refractivity contribution in [3.05, 3.63) is 24.3 Å². The maximum absolute atomic E-state index is 12.2. The van der Waals surface area contributed by atoms with Crippen LogP contribution in [0.15, 0.2) is 29.2 Å². The van der Waals surface area contributed by atoms with Crippen molar-refractivity contribution in [2.75, 3.05) is 19.4 Å². The average molecular weight is 371 g/mol. The molecule has 0 aliphatic carbocycles. The number of aliphatic carboxylic acids is 1. The van der Waals surface area contributed by atoms with E-state index < -0.39 is 34.0 Å². The van der Waals surface area contributed by atoms with Crippen LogP contribution in [0.5, 0.6) is 0 Å². The van der Waals surface area contributed by atoms with Crippen molar-refractivity contribution in [3.8, 4) is 0 Å². The summed E-state index contributed by atoms with van der Waals surface area (Å²) in [7, 11) is -0.758. The SMILES string of the molecule is CCCC(NC(C)C(=O)Nc1cccc(S(=O)(=O)N(C)C)c1)C(=O)O. The van der Waals surface area contributed by atoms with Crippen LogP contribution in [0.1, 0.15) is 26.7 Å². The normalized spacial score (nSPS) is 14.1. The van der Waals surface area contributed by atoms with Gasteiger partial charge in [0.1, 0.15) is 6.04 Å². The van der Waals surface area contributed by atoms with Crippen molar-refractivity contribution in [1.29, 1.82) is 0 Å². The molecule has 0 radical (unpaired) electrons. The number of carbonyl (C=O) groups excluding carboxylic acids is 1. The molecule has 0 fully saturated rings. The van der Waals surface area contributed by atoms with Crippen molar-refractivity contribution in [2.45, 2.75) is 43.7 Å². The Morgan fingerprint density at radius 2 is 1.92 bits per heavy atom. The predicted octanol–water partition coefficient (Wildman–Crippen LogP) is 1.11. The third-order valence-corrected chi connectivity index (χ3v) is 5.41. The lowest BCUT2D eigenvalue weighted by Crippen LogP contribution is -2.47. The van der Waals surface area contributed by atoms with E-state index in [4.69, 9.17) is 5.11 Å². The molecule has 2 atom stereocenters. The van der Waals surface area contributed by atoms with E-state index >= 15 is 0 Å². The number of amides is 1. The Hall–Kier alpha value is -1.97. The fourth-order valence-corrected chi connectivity index (χ4v) is 3.09. The molecule has 0 saturated carbocycles. The van der Waals surface area contributed by atoms with Gasteiger partial charge in [0.05, 0.1) is 10.9 Å². The zero-order valence-electron chi connectivity index (χ0n) is 14.8. The first-order valence-electron chi connectivity index (χ1n) is 7.92.